The van der Waals surface area contributed by atoms with Crippen LogP contribution < -0.4 is 11.1 Å². The minimum absolute atomic E-state index is 0.217. The van der Waals surface area contributed by atoms with Crippen LogP contribution in [-0.4, -0.2) is 35.6 Å². The quantitative estimate of drug-likeness (QED) is 0.233. The molecule has 0 radical (unpaired) electrons. The maximum absolute atomic E-state index is 11.3. The maximum atomic E-state index is 11.3. The van der Waals surface area contributed by atoms with E-state index in [2.05, 4.69) is 22.2 Å². The fourth-order valence-corrected chi connectivity index (χ4v) is 3.58. The third kappa shape index (κ3) is 5.79. The van der Waals surface area contributed by atoms with Crippen molar-refractivity contribution < 1.29 is 4.79 Å². The Balaban J connectivity index is 0.000000438. The molecule has 4 N–H and O–H groups in total. The van der Waals surface area contributed by atoms with E-state index in [1.165, 1.54) is 24.2 Å². The molecule has 0 fully saturated rings. The van der Waals surface area contributed by atoms with Crippen LogP contribution >= 0.6 is 11.3 Å². The first kappa shape index (κ1) is 22.4. The number of thiazole rings is 1. The minimum Gasteiger partial charge on any atom is -0.398 e. The van der Waals surface area contributed by atoms with E-state index in [-0.39, 0.29) is 5.71 Å². The third-order valence-electron chi connectivity index (χ3n) is 4.28. The highest BCUT2D eigenvalue weighted by molar-refractivity contribution is 7.17. The van der Waals surface area contributed by atoms with Gasteiger partial charge in [-0.1, -0.05) is 37.6 Å². The van der Waals surface area contributed by atoms with Crippen molar-refractivity contribution >= 4 is 29.0 Å². The van der Waals surface area contributed by atoms with Gasteiger partial charge in [-0.05, 0) is 38.6 Å². The number of para-hydroxylation sites is 1. The molecule has 7 heteroatoms. The summed E-state index contributed by atoms with van der Waals surface area (Å²) < 4.78 is 0. The van der Waals surface area contributed by atoms with Crippen molar-refractivity contribution in [1.29, 1.82) is 5.41 Å². The van der Waals surface area contributed by atoms with Gasteiger partial charge >= 0.3 is 0 Å². The van der Waals surface area contributed by atoms with E-state index in [0.717, 1.165) is 17.7 Å². The third-order valence-corrected chi connectivity index (χ3v) is 5.41. The minimum atomic E-state index is 0.217. The van der Waals surface area contributed by atoms with Crippen LogP contribution in [0.3, 0.4) is 0 Å². The first-order valence-corrected chi connectivity index (χ1v) is 10.3. The monoisotopic (exact) mass is 409 g/mol. The lowest BCUT2D eigenvalue weighted by Gasteiger charge is -2.07. The van der Waals surface area contributed by atoms with Crippen molar-refractivity contribution in [3.8, 4) is 10.4 Å². The van der Waals surface area contributed by atoms with E-state index in [0.29, 0.717) is 33.1 Å². The molecule has 0 saturated carbocycles. The van der Waals surface area contributed by atoms with Crippen molar-refractivity contribution in [2.45, 2.75) is 26.7 Å². The molecule has 29 heavy (non-hydrogen) atoms. The van der Waals surface area contributed by atoms with Gasteiger partial charge < -0.3 is 11.1 Å². The second-order valence-corrected chi connectivity index (χ2v) is 7.46. The molecule has 2 heterocycles. The van der Waals surface area contributed by atoms with Gasteiger partial charge in [-0.2, -0.15) is 0 Å². The van der Waals surface area contributed by atoms with E-state index in [1.807, 2.05) is 32.2 Å². The summed E-state index contributed by atoms with van der Waals surface area (Å²) in [5.41, 5.74) is 9.49. The van der Waals surface area contributed by atoms with Crippen LogP contribution in [0.15, 0.2) is 42.7 Å². The number of nitrogens with two attached hydrogens (primary N) is 1. The molecule has 1 aromatic carbocycles. The van der Waals surface area contributed by atoms with Gasteiger partial charge in [-0.3, -0.25) is 15.2 Å². The number of rotatable bonds is 7. The average molecular weight is 410 g/mol. The molecule has 0 bridgehead atoms. The first-order chi connectivity index (χ1) is 14.0. The largest absolute Gasteiger partial charge is 0.398 e. The second kappa shape index (κ2) is 11.2. The predicted molar refractivity (Wildman–Crippen MR) is 121 cm³/mol. The summed E-state index contributed by atoms with van der Waals surface area (Å²) in [6.07, 6.45) is 6.64. The molecule has 152 valence electrons. The number of aldehydes is 1. The fraction of sp³-hybridized carbons (Fsp3) is 0.273. The first-order valence-electron chi connectivity index (χ1n) is 9.48. The lowest BCUT2D eigenvalue weighted by Crippen LogP contribution is -2.06. The number of hydrogen-bond donors (Lipinski definition) is 3. The highest BCUT2D eigenvalue weighted by Gasteiger charge is 2.18. The number of aromatic nitrogens is 2. The molecule has 0 unspecified atom stereocenters. The van der Waals surface area contributed by atoms with E-state index in [9.17, 15) is 4.79 Å². The molecule has 6 nitrogen and oxygen atoms in total. The zero-order valence-corrected chi connectivity index (χ0v) is 17.8. The fourth-order valence-electron chi connectivity index (χ4n) is 2.59. The number of nitrogens with zero attached hydrogens (tertiary/aromatic N) is 2. The van der Waals surface area contributed by atoms with Crippen LogP contribution in [0, 0.1) is 12.3 Å². The maximum Gasteiger partial charge on any atom is 0.169 e. The van der Waals surface area contributed by atoms with Crippen LogP contribution in [0.1, 0.15) is 46.4 Å². The summed E-state index contributed by atoms with van der Waals surface area (Å²) >= 11 is 1.29. The van der Waals surface area contributed by atoms with E-state index in [4.69, 9.17) is 11.1 Å². The van der Waals surface area contributed by atoms with Gasteiger partial charge in [0.1, 0.15) is 10.7 Å². The van der Waals surface area contributed by atoms with Crippen LogP contribution in [0.5, 0.6) is 0 Å². The molecule has 0 saturated heterocycles. The number of aryl methyl sites for hydroxylation is 1. The number of carbonyl (C=O) groups excluding carboxylic acids is 1. The second-order valence-electron chi connectivity index (χ2n) is 6.46. The molecular formula is C22H27N5OS. The van der Waals surface area contributed by atoms with Gasteiger partial charge in [0.15, 0.2) is 6.29 Å². The van der Waals surface area contributed by atoms with Crippen molar-refractivity contribution in [3.05, 3.63) is 64.6 Å². The number of pyridine rings is 1. The molecule has 0 aliphatic rings. The number of nitrogen functional groups attached to an aromatic ring is 1. The smallest absolute Gasteiger partial charge is 0.169 e. The number of unbranched alkanes of at least 4 members (excludes halogenated alkanes) is 1. The molecule has 0 aliphatic heterocycles. The zero-order valence-electron chi connectivity index (χ0n) is 17.0. The van der Waals surface area contributed by atoms with Crippen molar-refractivity contribution in [2.75, 3.05) is 19.3 Å². The number of anilines is 1. The highest BCUT2D eigenvalue weighted by atomic mass is 32.1. The van der Waals surface area contributed by atoms with Crippen molar-refractivity contribution in [2.24, 2.45) is 0 Å². The van der Waals surface area contributed by atoms with Gasteiger partial charge in [0.05, 0.1) is 10.6 Å². The van der Waals surface area contributed by atoms with Crippen molar-refractivity contribution in [3.63, 3.8) is 0 Å². The van der Waals surface area contributed by atoms with Gasteiger partial charge in [0, 0.05) is 29.2 Å². The molecule has 0 aliphatic carbocycles. The zero-order chi connectivity index (χ0) is 21.2. The average Bonchev–Trinajstić information content (AvgIpc) is 3.19. The Morgan fingerprint density at radius 2 is 2.10 bits per heavy atom. The lowest BCUT2D eigenvalue weighted by atomic mass is 10.0. The Kier molecular flexibility index (Phi) is 8.64. The standard InChI is InChI=1S/C17H14N4OS.C5H13N/c1-10-4-2-6-12(14(10)18)15(19)17-21-13(9-22)16(23-17)11-5-3-7-20-8-11;1-3-4-5-6-2/h2-9,19H,18H2,1H3;6H,3-5H2,1-2H3. The van der Waals surface area contributed by atoms with E-state index in [1.54, 1.807) is 24.5 Å². The summed E-state index contributed by atoms with van der Waals surface area (Å²) in [4.78, 5) is 20.4. The SMILES string of the molecule is CCCCNC.Cc1cccc(C(=N)c2nc(C=O)c(-c3cccnc3)s2)c1N. The molecule has 3 aromatic rings. The Bertz CT molecular complexity index is 949. The lowest BCUT2D eigenvalue weighted by molar-refractivity contribution is 0.112. The number of benzene rings is 1. The van der Waals surface area contributed by atoms with Crippen LogP contribution in [-0.2, 0) is 0 Å². The Morgan fingerprint density at radius 1 is 1.31 bits per heavy atom. The summed E-state index contributed by atoms with van der Waals surface area (Å²) in [7, 11) is 1.98. The molecule has 0 amide bonds. The van der Waals surface area contributed by atoms with E-state index >= 15 is 0 Å². The molecule has 0 spiro atoms. The normalized spacial score (nSPS) is 10.2. The molecule has 3 rings (SSSR count). The Morgan fingerprint density at radius 3 is 2.69 bits per heavy atom. The number of nitrogens with one attached hydrogen (secondary N) is 2. The summed E-state index contributed by atoms with van der Waals surface area (Å²) in [5.74, 6) is 0. The van der Waals surface area contributed by atoms with Gasteiger partial charge in [0.2, 0.25) is 0 Å². The number of carbonyl (C=O) groups is 1. The Labute approximate surface area is 175 Å². The summed E-state index contributed by atoms with van der Waals surface area (Å²) in [6.45, 7) is 5.25. The summed E-state index contributed by atoms with van der Waals surface area (Å²) in [5, 5.41) is 11.9. The number of hydrogen-bond acceptors (Lipinski definition) is 7. The Hall–Kier alpha value is -2.90. The van der Waals surface area contributed by atoms with Gasteiger partial charge in [0.25, 0.3) is 0 Å². The van der Waals surface area contributed by atoms with Gasteiger partial charge in [-0.15, -0.1) is 11.3 Å². The van der Waals surface area contributed by atoms with Crippen LogP contribution in [0.4, 0.5) is 5.69 Å². The van der Waals surface area contributed by atoms with Crippen LogP contribution in [0.2, 0.25) is 0 Å². The van der Waals surface area contributed by atoms with E-state index < -0.39 is 0 Å². The topological polar surface area (TPSA) is 105 Å². The van der Waals surface area contributed by atoms with Gasteiger partial charge in [-0.25, -0.2) is 4.98 Å². The molecule has 2 aromatic heterocycles. The summed E-state index contributed by atoms with van der Waals surface area (Å²) in [6, 6.07) is 9.20. The predicted octanol–water partition coefficient (Wildman–Crippen LogP) is 4.33. The highest BCUT2D eigenvalue weighted by Crippen LogP contribution is 2.31. The molecular weight excluding hydrogens is 382 g/mol. The molecule has 0 atom stereocenters. The van der Waals surface area contributed by atoms with Crippen LogP contribution in [0.25, 0.3) is 10.4 Å². The van der Waals surface area contributed by atoms with Crippen molar-refractivity contribution in [1.82, 2.24) is 15.3 Å².